The summed E-state index contributed by atoms with van der Waals surface area (Å²) < 4.78 is 5.24. The van der Waals surface area contributed by atoms with Gasteiger partial charge < -0.3 is 4.74 Å². The van der Waals surface area contributed by atoms with Gasteiger partial charge in [-0.05, 0) is 35.9 Å². The van der Waals surface area contributed by atoms with Crippen molar-refractivity contribution in [3.8, 4) is 16.9 Å². The zero-order valence-corrected chi connectivity index (χ0v) is 11.1. The van der Waals surface area contributed by atoms with Crippen molar-refractivity contribution < 1.29 is 4.74 Å². The summed E-state index contributed by atoms with van der Waals surface area (Å²) in [6.07, 6.45) is 3.33. The first-order chi connectivity index (χ1) is 9.28. The van der Waals surface area contributed by atoms with E-state index in [9.17, 15) is 0 Å². The molecule has 0 radical (unpaired) electrons. The number of hydrogen-bond donors (Lipinski definition) is 0. The first kappa shape index (κ1) is 11.9. The van der Waals surface area contributed by atoms with Gasteiger partial charge in [0.15, 0.2) is 0 Å². The third kappa shape index (κ3) is 2.25. The molecule has 1 aromatic heterocycles. The van der Waals surface area contributed by atoms with Crippen LogP contribution in [0.25, 0.3) is 22.0 Å². The molecule has 0 saturated carbocycles. The van der Waals surface area contributed by atoms with E-state index in [1.54, 1.807) is 19.6 Å². The van der Waals surface area contributed by atoms with Crippen LogP contribution < -0.4 is 4.74 Å². The van der Waals surface area contributed by atoms with Crippen molar-refractivity contribution in [3.63, 3.8) is 0 Å². The minimum atomic E-state index is 0.692. The lowest BCUT2D eigenvalue weighted by Crippen LogP contribution is -1.86. The van der Waals surface area contributed by atoms with Crippen molar-refractivity contribution in [3.05, 3.63) is 53.9 Å². The zero-order chi connectivity index (χ0) is 13.2. The summed E-state index contributed by atoms with van der Waals surface area (Å²) in [7, 11) is 1.64. The average Bonchev–Trinajstić information content (AvgIpc) is 2.47. The van der Waals surface area contributed by atoms with E-state index in [2.05, 4.69) is 9.97 Å². The molecule has 0 aliphatic carbocycles. The summed E-state index contributed by atoms with van der Waals surface area (Å²) in [5.41, 5.74) is 2.87. The molecule has 3 aromatic rings. The molecule has 0 aliphatic rings. The predicted molar refractivity (Wildman–Crippen MR) is 76.5 cm³/mol. The number of methoxy groups -OCH3 is 1. The van der Waals surface area contributed by atoms with Crippen LogP contribution in [0.15, 0.2) is 48.9 Å². The first-order valence-electron chi connectivity index (χ1n) is 5.81. The van der Waals surface area contributed by atoms with Gasteiger partial charge in [0.1, 0.15) is 12.1 Å². The number of halogens is 1. The SMILES string of the molecule is COc1ccc(Cl)c(-c2ccc3ncncc3c2)c1. The topological polar surface area (TPSA) is 35.0 Å². The van der Waals surface area contributed by atoms with Gasteiger partial charge in [0, 0.05) is 22.2 Å². The minimum Gasteiger partial charge on any atom is -0.497 e. The maximum Gasteiger partial charge on any atom is 0.119 e. The predicted octanol–water partition coefficient (Wildman–Crippen LogP) is 3.96. The van der Waals surface area contributed by atoms with Crippen LogP contribution in [0.3, 0.4) is 0 Å². The van der Waals surface area contributed by atoms with Crippen molar-refractivity contribution in [2.45, 2.75) is 0 Å². The van der Waals surface area contributed by atoms with Gasteiger partial charge >= 0.3 is 0 Å². The van der Waals surface area contributed by atoms with Gasteiger partial charge in [-0.25, -0.2) is 9.97 Å². The first-order valence-corrected chi connectivity index (χ1v) is 6.19. The van der Waals surface area contributed by atoms with Gasteiger partial charge in [0.05, 0.1) is 12.6 Å². The van der Waals surface area contributed by atoms with Crippen LogP contribution in [-0.4, -0.2) is 17.1 Å². The molecule has 4 heteroatoms. The third-order valence-electron chi connectivity index (χ3n) is 2.99. The molecule has 3 rings (SSSR count). The Morgan fingerprint density at radius 3 is 2.84 bits per heavy atom. The second-order valence-electron chi connectivity index (χ2n) is 4.14. The molecule has 0 unspecified atom stereocenters. The number of nitrogens with zero attached hydrogens (tertiary/aromatic N) is 2. The van der Waals surface area contributed by atoms with Crippen LogP contribution in [0.1, 0.15) is 0 Å². The maximum absolute atomic E-state index is 6.25. The number of hydrogen-bond acceptors (Lipinski definition) is 3. The number of ether oxygens (including phenoxy) is 1. The van der Waals surface area contributed by atoms with Crippen LogP contribution in [-0.2, 0) is 0 Å². The molecule has 2 aromatic carbocycles. The van der Waals surface area contributed by atoms with Crippen molar-refractivity contribution >= 4 is 22.5 Å². The van der Waals surface area contributed by atoms with E-state index in [1.807, 2.05) is 36.4 Å². The molecule has 19 heavy (non-hydrogen) atoms. The normalized spacial score (nSPS) is 10.6. The smallest absolute Gasteiger partial charge is 0.119 e. The van der Waals surface area contributed by atoms with E-state index in [0.29, 0.717) is 5.02 Å². The highest BCUT2D eigenvalue weighted by Crippen LogP contribution is 2.32. The highest BCUT2D eigenvalue weighted by atomic mass is 35.5. The van der Waals surface area contributed by atoms with E-state index in [0.717, 1.165) is 27.8 Å². The molecule has 0 amide bonds. The van der Waals surface area contributed by atoms with Crippen molar-refractivity contribution in [2.75, 3.05) is 7.11 Å². The van der Waals surface area contributed by atoms with Crippen LogP contribution in [0.2, 0.25) is 5.02 Å². The summed E-state index contributed by atoms with van der Waals surface area (Å²) >= 11 is 6.25. The molecule has 0 aliphatic heterocycles. The van der Waals surface area contributed by atoms with Crippen LogP contribution in [0.5, 0.6) is 5.75 Å². The van der Waals surface area contributed by atoms with E-state index in [-0.39, 0.29) is 0 Å². The number of benzene rings is 2. The molecule has 94 valence electrons. The van der Waals surface area contributed by atoms with E-state index in [4.69, 9.17) is 16.3 Å². The zero-order valence-electron chi connectivity index (χ0n) is 10.3. The standard InChI is InChI=1S/C15H11ClN2O/c1-19-12-3-4-14(16)13(7-12)10-2-5-15-11(6-10)8-17-9-18-15/h2-9H,1H3. The third-order valence-corrected chi connectivity index (χ3v) is 3.32. The van der Waals surface area contributed by atoms with Crippen molar-refractivity contribution in [1.82, 2.24) is 9.97 Å². The Kier molecular flexibility index (Phi) is 3.05. The lowest BCUT2D eigenvalue weighted by molar-refractivity contribution is 0.415. The molecular formula is C15H11ClN2O. The fraction of sp³-hybridized carbons (Fsp3) is 0.0667. The van der Waals surface area contributed by atoms with Gasteiger partial charge in [-0.1, -0.05) is 17.7 Å². The highest BCUT2D eigenvalue weighted by Gasteiger charge is 2.06. The Labute approximate surface area is 115 Å². The molecule has 0 N–H and O–H groups in total. The lowest BCUT2D eigenvalue weighted by atomic mass is 10.0. The van der Waals surface area contributed by atoms with Crippen LogP contribution in [0, 0.1) is 0 Å². The average molecular weight is 271 g/mol. The largest absolute Gasteiger partial charge is 0.497 e. The Morgan fingerprint density at radius 2 is 2.00 bits per heavy atom. The monoisotopic (exact) mass is 270 g/mol. The van der Waals surface area contributed by atoms with E-state index < -0.39 is 0 Å². The van der Waals surface area contributed by atoms with E-state index >= 15 is 0 Å². The molecule has 0 atom stereocenters. The van der Waals surface area contributed by atoms with Gasteiger partial charge in [0.2, 0.25) is 0 Å². The van der Waals surface area contributed by atoms with Crippen LogP contribution >= 0.6 is 11.6 Å². The number of rotatable bonds is 2. The Morgan fingerprint density at radius 1 is 1.11 bits per heavy atom. The molecule has 3 nitrogen and oxygen atoms in total. The molecular weight excluding hydrogens is 260 g/mol. The molecule has 0 saturated heterocycles. The lowest BCUT2D eigenvalue weighted by Gasteiger charge is -2.08. The number of aromatic nitrogens is 2. The fourth-order valence-electron chi connectivity index (χ4n) is 2.00. The molecule has 1 heterocycles. The van der Waals surface area contributed by atoms with Crippen LogP contribution in [0.4, 0.5) is 0 Å². The van der Waals surface area contributed by atoms with Crippen molar-refractivity contribution in [2.24, 2.45) is 0 Å². The molecule has 0 fully saturated rings. The second kappa shape index (κ2) is 4.86. The maximum atomic E-state index is 6.25. The molecule has 0 bridgehead atoms. The van der Waals surface area contributed by atoms with Gasteiger partial charge in [0.25, 0.3) is 0 Å². The Bertz CT molecular complexity index is 743. The second-order valence-corrected chi connectivity index (χ2v) is 4.55. The quantitative estimate of drug-likeness (QED) is 0.707. The summed E-state index contributed by atoms with van der Waals surface area (Å²) in [4.78, 5) is 8.24. The highest BCUT2D eigenvalue weighted by molar-refractivity contribution is 6.33. The van der Waals surface area contributed by atoms with E-state index in [1.165, 1.54) is 0 Å². The summed E-state index contributed by atoms with van der Waals surface area (Å²) in [5, 5.41) is 1.68. The molecule has 0 spiro atoms. The number of fused-ring (bicyclic) bond motifs is 1. The van der Waals surface area contributed by atoms with Gasteiger partial charge in [-0.3, -0.25) is 0 Å². The Hall–Kier alpha value is -2.13. The fourth-order valence-corrected chi connectivity index (χ4v) is 2.23. The summed E-state index contributed by atoms with van der Waals surface area (Å²) in [5.74, 6) is 0.781. The van der Waals surface area contributed by atoms with Crippen molar-refractivity contribution in [1.29, 1.82) is 0 Å². The van der Waals surface area contributed by atoms with Gasteiger partial charge in [-0.15, -0.1) is 0 Å². The Balaban J connectivity index is 2.18. The summed E-state index contributed by atoms with van der Waals surface area (Å²) in [6, 6.07) is 11.6. The minimum absolute atomic E-state index is 0.692. The summed E-state index contributed by atoms with van der Waals surface area (Å²) in [6.45, 7) is 0. The van der Waals surface area contributed by atoms with Gasteiger partial charge in [-0.2, -0.15) is 0 Å².